The highest BCUT2D eigenvalue weighted by atomic mass is 16.6. The minimum atomic E-state index is -0.383. The maximum absolute atomic E-state index is 11.8. The van der Waals surface area contributed by atoms with Gasteiger partial charge in [-0.25, -0.2) is 0 Å². The second-order valence-electron chi connectivity index (χ2n) is 5.55. The number of carbonyl (C=O) groups is 1. The molecule has 0 aromatic carbocycles. The van der Waals surface area contributed by atoms with Gasteiger partial charge in [0, 0.05) is 0 Å². The summed E-state index contributed by atoms with van der Waals surface area (Å²) in [7, 11) is 0. The molecule has 0 rings (SSSR count). The zero-order valence-electron chi connectivity index (χ0n) is 11.5. The number of rotatable bonds is 5. The molecule has 0 aromatic heterocycles. The Morgan fingerprint density at radius 2 is 1.88 bits per heavy atom. The lowest BCUT2D eigenvalue weighted by Gasteiger charge is -2.22. The number of hydrogen-bond donors (Lipinski definition) is 0. The Bertz CT molecular complexity index is 234. The summed E-state index contributed by atoms with van der Waals surface area (Å²) in [4.78, 5) is 11.8. The Morgan fingerprint density at radius 3 is 2.25 bits per heavy atom. The van der Waals surface area contributed by atoms with Gasteiger partial charge in [0.1, 0.15) is 5.60 Å². The summed E-state index contributed by atoms with van der Waals surface area (Å²) in [5.74, 6) is 0.453. The number of hydrogen-bond acceptors (Lipinski definition) is 2. The average molecular weight is 226 g/mol. The standard InChI is InChI=1S/C14H26O2/c1-7-12(10-8-9-11(2)3)13(15)16-14(4,5)6/h8-9,11-12H,7,10H2,1-6H3/b9-8+. The molecule has 0 amide bonds. The van der Waals surface area contributed by atoms with Crippen LogP contribution in [0.1, 0.15) is 54.4 Å². The minimum Gasteiger partial charge on any atom is -0.460 e. The van der Waals surface area contributed by atoms with E-state index in [1.54, 1.807) is 0 Å². The predicted molar refractivity (Wildman–Crippen MR) is 68.2 cm³/mol. The maximum atomic E-state index is 11.8. The molecule has 0 fully saturated rings. The highest BCUT2D eigenvalue weighted by Gasteiger charge is 2.22. The molecule has 1 atom stereocenters. The van der Waals surface area contributed by atoms with Gasteiger partial charge in [-0.1, -0.05) is 32.9 Å². The summed E-state index contributed by atoms with van der Waals surface area (Å²) in [5, 5.41) is 0. The van der Waals surface area contributed by atoms with Crippen molar-refractivity contribution in [2.75, 3.05) is 0 Å². The molecule has 16 heavy (non-hydrogen) atoms. The van der Waals surface area contributed by atoms with Crippen LogP contribution in [0.15, 0.2) is 12.2 Å². The largest absolute Gasteiger partial charge is 0.460 e. The van der Waals surface area contributed by atoms with Crippen LogP contribution in [0.3, 0.4) is 0 Å². The first-order valence-electron chi connectivity index (χ1n) is 6.15. The van der Waals surface area contributed by atoms with Gasteiger partial charge in [0.05, 0.1) is 5.92 Å². The summed E-state index contributed by atoms with van der Waals surface area (Å²) in [6.07, 6.45) is 5.83. The Balaban J connectivity index is 4.23. The Hall–Kier alpha value is -0.790. The van der Waals surface area contributed by atoms with Crippen LogP contribution in [0.4, 0.5) is 0 Å². The molecule has 0 aliphatic heterocycles. The maximum Gasteiger partial charge on any atom is 0.309 e. The second-order valence-corrected chi connectivity index (χ2v) is 5.55. The van der Waals surface area contributed by atoms with Crippen LogP contribution in [0.25, 0.3) is 0 Å². The molecule has 0 saturated carbocycles. The van der Waals surface area contributed by atoms with E-state index in [0.29, 0.717) is 5.92 Å². The fourth-order valence-electron chi connectivity index (χ4n) is 1.33. The van der Waals surface area contributed by atoms with E-state index in [4.69, 9.17) is 4.74 Å². The molecule has 0 aliphatic carbocycles. The monoisotopic (exact) mass is 226 g/mol. The van der Waals surface area contributed by atoms with Crippen molar-refractivity contribution in [3.05, 3.63) is 12.2 Å². The molecule has 2 nitrogen and oxygen atoms in total. The lowest BCUT2D eigenvalue weighted by atomic mass is 10.0. The van der Waals surface area contributed by atoms with E-state index in [0.717, 1.165) is 12.8 Å². The molecule has 0 bridgehead atoms. The Labute approximate surface area is 100 Å². The molecule has 0 spiro atoms. The van der Waals surface area contributed by atoms with E-state index in [-0.39, 0.29) is 17.5 Å². The Morgan fingerprint density at radius 1 is 1.31 bits per heavy atom. The van der Waals surface area contributed by atoms with Crippen LogP contribution < -0.4 is 0 Å². The predicted octanol–water partition coefficient (Wildman–Crippen LogP) is 3.96. The van der Waals surface area contributed by atoms with Crippen molar-refractivity contribution >= 4 is 5.97 Å². The van der Waals surface area contributed by atoms with Crippen LogP contribution in [0, 0.1) is 11.8 Å². The molecule has 0 N–H and O–H groups in total. The first-order valence-corrected chi connectivity index (χ1v) is 6.15. The zero-order chi connectivity index (χ0) is 12.8. The lowest BCUT2D eigenvalue weighted by Crippen LogP contribution is -2.28. The SMILES string of the molecule is CCC(C/C=C/C(C)C)C(=O)OC(C)(C)C. The van der Waals surface area contributed by atoms with Gasteiger partial charge < -0.3 is 4.74 Å². The highest BCUT2D eigenvalue weighted by molar-refractivity contribution is 5.73. The molecule has 0 saturated heterocycles. The van der Waals surface area contributed by atoms with Gasteiger partial charge in [-0.15, -0.1) is 0 Å². The summed E-state index contributed by atoms with van der Waals surface area (Å²) in [5.41, 5.74) is -0.383. The van der Waals surface area contributed by atoms with E-state index >= 15 is 0 Å². The summed E-state index contributed by atoms with van der Waals surface area (Å²) >= 11 is 0. The number of carbonyl (C=O) groups excluding carboxylic acids is 1. The Kier molecular flexibility index (Phi) is 6.39. The topological polar surface area (TPSA) is 26.3 Å². The van der Waals surface area contributed by atoms with Crippen molar-refractivity contribution in [2.45, 2.75) is 60.0 Å². The molecule has 0 aromatic rings. The fourth-order valence-corrected chi connectivity index (χ4v) is 1.33. The van der Waals surface area contributed by atoms with Gasteiger partial charge in [0.15, 0.2) is 0 Å². The van der Waals surface area contributed by atoms with Crippen molar-refractivity contribution in [1.29, 1.82) is 0 Å². The minimum absolute atomic E-state index is 0.00535. The smallest absolute Gasteiger partial charge is 0.309 e. The molecular weight excluding hydrogens is 200 g/mol. The zero-order valence-corrected chi connectivity index (χ0v) is 11.5. The third kappa shape index (κ3) is 7.49. The van der Waals surface area contributed by atoms with Gasteiger partial charge in [0.25, 0.3) is 0 Å². The van der Waals surface area contributed by atoms with Crippen LogP contribution in [-0.4, -0.2) is 11.6 Å². The van der Waals surface area contributed by atoms with E-state index in [2.05, 4.69) is 26.0 Å². The quantitative estimate of drug-likeness (QED) is 0.524. The number of allylic oxidation sites excluding steroid dienone is 2. The van der Waals surface area contributed by atoms with Gasteiger partial charge in [0.2, 0.25) is 0 Å². The third-order valence-electron chi connectivity index (χ3n) is 2.17. The molecule has 0 heterocycles. The van der Waals surface area contributed by atoms with Crippen molar-refractivity contribution < 1.29 is 9.53 Å². The van der Waals surface area contributed by atoms with E-state index in [9.17, 15) is 4.79 Å². The van der Waals surface area contributed by atoms with E-state index in [1.165, 1.54) is 0 Å². The van der Waals surface area contributed by atoms with Crippen LogP contribution in [-0.2, 0) is 9.53 Å². The molecular formula is C14H26O2. The molecule has 0 aliphatic rings. The number of ether oxygens (including phenoxy) is 1. The number of esters is 1. The summed E-state index contributed by atoms with van der Waals surface area (Å²) in [6, 6.07) is 0. The van der Waals surface area contributed by atoms with Gasteiger partial charge >= 0.3 is 5.97 Å². The first-order chi connectivity index (χ1) is 7.26. The van der Waals surface area contributed by atoms with Gasteiger partial charge in [-0.2, -0.15) is 0 Å². The second kappa shape index (κ2) is 6.72. The van der Waals surface area contributed by atoms with Crippen molar-refractivity contribution in [3.8, 4) is 0 Å². The third-order valence-corrected chi connectivity index (χ3v) is 2.17. The van der Waals surface area contributed by atoms with Crippen LogP contribution in [0.5, 0.6) is 0 Å². The van der Waals surface area contributed by atoms with Crippen molar-refractivity contribution in [2.24, 2.45) is 11.8 Å². The first kappa shape index (κ1) is 15.2. The van der Waals surface area contributed by atoms with Crippen LogP contribution in [0.2, 0.25) is 0 Å². The van der Waals surface area contributed by atoms with E-state index in [1.807, 2.05) is 27.7 Å². The van der Waals surface area contributed by atoms with E-state index < -0.39 is 0 Å². The molecule has 94 valence electrons. The normalized spacial score (nSPS) is 14.4. The molecule has 2 heteroatoms. The average Bonchev–Trinajstić information content (AvgIpc) is 2.08. The van der Waals surface area contributed by atoms with Gasteiger partial charge in [-0.3, -0.25) is 4.79 Å². The highest BCUT2D eigenvalue weighted by Crippen LogP contribution is 2.17. The summed E-state index contributed by atoms with van der Waals surface area (Å²) in [6.45, 7) is 12.0. The fraction of sp³-hybridized carbons (Fsp3) is 0.786. The lowest BCUT2D eigenvalue weighted by molar-refractivity contribution is -0.160. The molecule has 0 radical (unpaired) electrons. The van der Waals surface area contributed by atoms with Crippen LogP contribution >= 0.6 is 0 Å². The summed E-state index contributed by atoms with van der Waals surface area (Å²) < 4.78 is 5.38. The van der Waals surface area contributed by atoms with Crippen molar-refractivity contribution in [1.82, 2.24) is 0 Å². The van der Waals surface area contributed by atoms with Crippen molar-refractivity contribution in [3.63, 3.8) is 0 Å². The molecule has 1 unspecified atom stereocenters. The van der Waals surface area contributed by atoms with Gasteiger partial charge in [-0.05, 0) is 39.5 Å².